The molecule has 0 heterocycles. The monoisotopic (exact) mass is 368 g/mol. The molecule has 1 unspecified atom stereocenters. The van der Waals surface area contributed by atoms with E-state index in [-0.39, 0.29) is 5.75 Å². The van der Waals surface area contributed by atoms with E-state index in [2.05, 4.69) is 0 Å². The van der Waals surface area contributed by atoms with Crippen LogP contribution in [0.2, 0.25) is 10.0 Å². The highest BCUT2D eigenvalue weighted by Gasteiger charge is 2.36. The largest absolute Gasteiger partial charge is 0.508 e. The molecule has 0 aliphatic heterocycles. The molecule has 0 bridgehead atoms. The van der Waals surface area contributed by atoms with E-state index in [1.165, 1.54) is 12.1 Å². The lowest BCUT2D eigenvalue weighted by molar-refractivity contribution is 0.474. The van der Waals surface area contributed by atoms with Gasteiger partial charge in [0, 0.05) is 10.0 Å². The molecule has 6 heteroatoms. The lowest BCUT2D eigenvalue weighted by Crippen LogP contribution is -2.18. The summed E-state index contributed by atoms with van der Waals surface area (Å²) in [4.78, 5) is 0. The summed E-state index contributed by atoms with van der Waals surface area (Å²) in [6.07, 6.45) is 0. The number of phenols is 1. The van der Waals surface area contributed by atoms with Crippen LogP contribution >= 0.6 is 58.0 Å². The lowest BCUT2D eigenvalue weighted by Gasteiger charge is -2.26. The first-order chi connectivity index (χ1) is 9.29. The molecule has 1 N–H and O–H groups in total. The fraction of sp³-hybridized carbons (Fsp3) is 0.143. The van der Waals surface area contributed by atoms with Gasteiger partial charge in [0.05, 0.1) is 5.92 Å². The Morgan fingerprint density at radius 1 is 0.900 bits per heavy atom. The number of phenolic OH excluding ortho intramolecular Hbond substituents is 1. The first-order valence-corrected chi connectivity index (χ1v) is 7.48. The Bertz CT molecular complexity index is 604. The average Bonchev–Trinajstić information content (AvgIpc) is 2.35. The summed E-state index contributed by atoms with van der Waals surface area (Å²) in [7, 11) is 0. The SMILES string of the molecule is Oc1ccc(Cl)c(C(c2ccc(Cl)cc2)C(Cl)(Cl)Cl)c1. The van der Waals surface area contributed by atoms with E-state index in [0.29, 0.717) is 15.6 Å². The normalized spacial score (nSPS) is 13.2. The van der Waals surface area contributed by atoms with Gasteiger partial charge in [-0.2, -0.15) is 0 Å². The van der Waals surface area contributed by atoms with Gasteiger partial charge in [0.1, 0.15) is 5.75 Å². The first-order valence-electron chi connectivity index (χ1n) is 5.59. The molecule has 1 nitrogen and oxygen atoms in total. The Balaban J connectivity index is 2.59. The number of halogens is 5. The van der Waals surface area contributed by atoms with Crippen LogP contribution in [0.1, 0.15) is 17.0 Å². The second-order valence-corrected chi connectivity index (χ2v) is 7.44. The molecule has 0 spiro atoms. The summed E-state index contributed by atoms with van der Waals surface area (Å²) in [6.45, 7) is 0. The van der Waals surface area contributed by atoms with Crippen molar-refractivity contribution in [2.75, 3.05) is 0 Å². The second kappa shape index (κ2) is 6.21. The van der Waals surface area contributed by atoms with Crippen LogP contribution in [0.3, 0.4) is 0 Å². The van der Waals surface area contributed by atoms with E-state index in [1.54, 1.807) is 30.3 Å². The standard InChI is InChI=1S/C14H9Cl5O/c15-9-3-1-8(2-4-9)13(14(17,18)19)11-7-10(20)5-6-12(11)16/h1-7,13,20H. The fourth-order valence-corrected chi connectivity index (χ4v) is 3.04. The topological polar surface area (TPSA) is 20.2 Å². The van der Waals surface area contributed by atoms with Crippen LogP contribution in [-0.2, 0) is 0 Å². The van der Waals surface area contributed by atoms with Gasteiger partial charge >= 0.3 is 0 Å². The summed E-state index contributed by atoms with van der Waals surface area (Å²) in [5, 5.41) is 10.6. The third-order valence-electron chi connectivity index (χ3n) is 2.82. The zero-order valence-electron chi connectivity index (χ0n) is 9.96. The second-order valence-electron chi connectivity index (χ2n) is 4.23. The Hall–Kier alpha value is -0.310. The molecule has 20 heavy (non-hydrogen) atoms. The smallest absolute Gasteiger partial charge is 0.201 e. The van der Waals surface area contributed by atoms with Crippen LogP contribution in [0, 0.1) is 0 Å². The number of aromatic hydroxyl groups is 1. The third-order valence-corrected chi connectivity index (χ3v) is 4.07. The van der Waals surface area contributed by atoms with Gasteiger partial charge in [-0.05, 0) is 41.5 Å². The van der Waals surface area contributed by atoms with Crippen molar-refractivity contribution in [1.29, 1.82) is 0 Å². The van der Waals surface area contributed by atoms with Gasteiger partial charge in [0.25, 0.3) is 0 Å². The Morgan fingerprint density at radius 2 is 1.50 bits per heavy atom. The van der Waals surface area contributed by atoms with Crippen molar-refractivity contribution in [3.8, 4) is 5.75 Å². The van der Waals surface area contributed by atoms with Crippen LogP contribution in [0.4, 0.5) is 0 Å². The van der Waals surface area contributed by atoms with Gasteiger partial charge in [-0.15, -0.1) is 0 Å². The molecule has 2 rings (SSSR count). The van der Waals surface area contributed by atoms with Crippen molar-refractivity contribution in [1.82, 2.24) is 0 Å². The summed E-state index contributed by atoms with van der Waals surface area (Å²) in [5.74, 6) is -0.568. The van der Waals surface area contributed by atoms with E-state index < -0.39 is 9.71 Å². The number of alkyl halides is 3. The maximum absolute atomic E-state index is 9.63. The van der Waals surface area contributed by atoms with Crippen LogP contribution in [0.15, 0.2) is 42.5 Å². The molecular weight excluding hydrogens is 361 g/mol. The minimum absolute atomic E-state index is 0.0533. The molecule has 1 atom stereocenters. The van der Waals surface area contributed by atoms with Gasteiger partial charge in [-0.3, -0.25) is 0 Å². The van der Waals surface area contributed by atoms with Crippen LogP contribution in [-0.4, -0.2) is 8.90 Å². The van der Waals surface area contributed by atoms with Gasteiger partial charge in [-0.25, -0.2) is 0 Å². The highest BCUT2D eigenvalue weighted by Crippen LogP contribution is 2.48. The molecule has 0 fully saturated rings. The van der Waals surface area contributed by atoms with E-state index in [1.807, 2.05) is 0 Å². The maximum Gasteiger partial charge on any atom is 0.201 e. The molecule has 106 valence electrons. The Labute approximate surface area is 142 Å². The Morgan fingerprint density at radius 3 is 2.05 bits per heavy atom. The molecule has 0 aliphatic carbocycles. The van der Waals surface area contributed by atoms with Crippen LogP contribution in [0.5, 0.6) is 5.75 Å². The predicted molar refractivity (Wildman–Crippen MR) is 86.7 cm³/mol. The van der Waals surface area contributed by atoms with E-state index in [9.17, 15) is 5.11 Å². The highest BCUT2D eigenvalue weighted by molar-refractivity contribution is 6.68. The van der Waals surface area contributed by atoms with Crippen molar-refractivity contribution < 1.29 is 5.11 Å². The van der Waals surface area contributed by atoms with Crippen molar-refractivity contribution in [2.45, 2.75) is 9.71 Å². The van der Waals surface area contributed by atoms with E-state index in [4.69, 9.17) is 58.0 Å². The molecule has 0 amide bonds. The van der Waals surface area contributed by atoms with Gasteiger partial charge in [0.2, 0.25) is 3.79 Å². The van der Waals surface area contributed by atoms with Crippen LogP contribution in [0.25, 0.3) is 0 Å². The molecule has 2 aromatic carbocycles. The van der Waals surface area contributed by atoms with E-state index >= 15 is 0 Å². The molecular formula is C14H9Cl5O. The third kappa shape index (κ3) is 3.66. The summed E-state index contributed by atoms with van der Waals surface area (Å²) in [5.41, 5.74) is 1.27. The molecule has 0 radical (unpaired) electrons. The molecule has 2 aromatic rings. The predicted octanol–water partition coefficient (Wildman–Crippen LogP) is 6.20. The van der Waals surface area contributed by atoms with Crippen molar-refractivity contribution >= 4 is 58.0 Å². The number of hydrogen-bond acceptors (Lipinski definition) is 1. The lowest BCUT2D eigenvalue weighted by atomic mass is 9.92. The first kappa shape index (κ1) is 16.1. The summed E-state index contributed by atoms with van der Waals surface area (Å²) in [6, 6.07) is 11.5. The molecule has 0 saturated heterocycles. The summed E-state index contributed by atoms with van der Waals surface area (Å²) < 4.78 is -1.62. The van der Waals surface area contributed by atoms with Gasteiger partial charge < -0.3 is 5.11 Å². The maximum atomic E-state index is 9.63. The Kier molecular flexibility index (Phi) is 4.99. The number of rotatable bonds is 2. The van der Waals surface area contributed by atoms with Crippen molar-refractivity contribution in [3.05, 3.63) is 63.6 Å². The fourth-order valence-electron chi connectivity index (χ4n) is 1.95. The summed E-state index contributed by atoms with van der Waals surface area (Å²) >= 11 is 30.3. The van der Waals surface area contributed by atoms with Crippen molar-refractivity contribution in [3.63, 3.8) is 0 Å². The van der Waals surface area contributed by atoms with Gasteiger partial charge in [0.15, 0.2) is 0 Å². The van der Waals surface area contributed by atoms with Crippen molar-refractivity contribution in [2.24, 2.45) is 0 Å². The average molecular weight is 370 g/mol. The quantitative estimate of drug-likeness (QED) is 0.624. The van der Waals surface area contributed by atoms with Crippen LogP contribution < -0.4 is 0 Å². The molecule has 0 aliphatic rings. The zero-order chi connectivity index (χ0) is 14.9. The minimum atomic E-state index is -1.62. The molecule has 0 aromatic heterocycles. The highest BCUT2D eigenvalue weighted by atomic mass is 35.6. The number of hydrogen-bond donors (Lipinski definition) is 1. The molecule has 0 saturated carbocycles. The minimum Gasteiger partial charge on any atom is -0.508 e. The zero-order valence-corrected chi connectivity index (χ0v) is 13.7. The van der Waals surface area contributed by atoms with E-state index in [0.717, 1.165) is 5.56 Å². The van der Waals surface area contributed by atoms with Gasteiger partial charge in [-0.1, -0.05) is 70.1 Å². The number of benzene rings is 2.